The van der Waals surface area contributed by atoms with E-state index in [-0.39, 0.29) is 31.1 Å². The minimum atomic E-state index is -0.792. The molecular weight excluding hydrogens is 997 g/mol. The van der Waals surface area contributed by atoms with Gasteiger partial charge in [-0.25, -0.2) is 0 Å². The van der Waals surface area contributed by atoms with Gasteiger partial charge in [0.1, 0.15) is 13.2 Å². The Balaban J connectivity index is 4.35. The van der Waals surface area contributed by atoms with E-state index in [9.17, 15) is 14.4 Å². The molecule has 0 heterocycles. The van der Waals surface area contributed by atoms with E-state index in [0.717, 1.165) is 116 Å². The standard InChI is InChI=1S/C75H130O6/c1-4-7-10-13-16-19-22-25-28-30-32-34-36-37-39-40-42-44-47-50-53-56-59-62-65-68-74(77)80-71-72(70-79-73(76)67-64-61-58-55-52-49-46-27-24-21-18-15-12-9-6-3)81-75(78)69-66-63-60-57-54-51-48-45-43-41-38-35-33-31-29-26-23-20-17-14-11-8-5-2/h8,11,17-18,20-21,26-27,29-30,32-33,35,41,43,46,72H,4-7,9-10,12-16,19,22-25,28,31,34,36-40,42,44-45,47-71H2,1-3H3/b11-8-,20-17-,21-18-,29-26-,32-30-,35-33-,43-41-,46-27-. The summed E-state index contributed by atoms with van der Waals surface area (Å²) < 4.78 is 17.0. The summed E-state index contributed by atoms with van der Waals surface area (Å²) in [6, 6.07) is 0. The van der Waals surface area contributed by atoms with Crippen molar-refractivity contribution in [2.24, 2.45) is 0 Å². The summed E-state index contributed by atoms with van der Waals surface area (Å²) in [5.41, 5.74) is 0. The maximum absolute atomic E-state index is 13.0. The van der Waals surface area contributed by atoms with Crippen LogP contribution in [0.25, 0.3) is 0 Å². The predicted octanol–water partition coefficient (Wildman–Crippen LogP) is 24.0. The highest BCUT2D eigenvalue weighted by molar-refractivity contribution is 5.71. The van der Waals surface area contributed by atoms with Gasteiger partial charge in [-0.15, -0.1) is 0 Å². The van der Waals surface area contributed by atoms with Crippen LogP contribution < -0.4 is 0 Å². The lowest BCUT2D eigenvalue weighted by Gasteiger charge is -2.18. The van der Waals surface area contributed by atoms with Crippen LogP contribution in [0.15, 0.2) is 97.2 Å². The number of carbonyl (C=O) groups excluding carboxylic acids is 3. The zero-order valence-electron chi connectivity index (χ0n) is 53.5. The average Bonchev–Trinajstić information content (AvgIpc) is 3.47. The molecule has 1 unspecified atom stereocenters. The minimum absolute atomic E-state index is 0.0854. The van der Waals surface area contributed by atoms with E-state index in [1.807, 2.05) is 0 Å². The second-order valence-electron chi connectivity index (χ2n) is 23.1. The minimum Gasteiger partial charge on any atom is -0.462 e. The zero-order chi connectivity index (χ0) is 58.5. The van der Waals surface area contributed by atoms with Crippen LogP contribution >= 0.6 is 0 Å². The Labute approximate surface area is 502 Å². The first-order chi connectivity index (χ1) is 40.0. The number of hydrogen-bond donors (Lipinski definition) is 0. The Hall–Kier alpha value is -3.67. The average molecular weight is 1130 g/mol. The van der Waals surface area contributed by atoms with Crippen molar-refractivity contribution in [3.8, 4) is 0 Å². The Bertz CT molecular complexity index is 1580. The molecule has 0 rings (SSSR count). The van der Waals surface area contributed by atoms with Gasteiger partial charge in [0, 0.05) is 19.3 Å². The van der Waals surface area contributed by atoms with Crippen LogP contribution in [0.1, 0.15) is 342 Å². The largest absolute Gasteiger partial charge is 0.462 e. The van der Waals surface area contributed by atoms with Gasteiger partial charge in [0.15, 0.2) is 6.10 Å². The highest BCUT2D eigenvalue weighted by Gasteiger charge is 2.19. The summed E-state index contributed by atoms with van der Waals surface area (Å²) in [7, 11) is 0. The summed E-state index contributed by atoms with van der Waals surface area (Å²) in [5.74, 6) is -0.897. The molecule has 0 aliphatic carbocycles. The van der Waals surface area contributed by atoms with Crippen molar-refractivity contribution in [2.45, 2.75) is 348 Å². The first kappa shape index (κ1) is 77.3. The van der Waals surface area contributed by atoms with Gasteiger partial charge in [0.2, 0.25) is 0 Å². The van der Waals surface area contributed by atoms with Crippen LogP contribution in [0.4, 0.5) is 0 Å². The lowest BCUT2D eigenvalue weighted by molar-refractivity contribution is -0.167. The fourth-order valence-electron chi connectivity index (χ4n) is 9.85. The number of esters is 3. The molecule has 0 spiro atoms. The van der Waals surface area contributed by atoms with E-state index in [2.05, 4.69) is 118 Å². The Morgan fingerprint density at radius 2 is 0.481 bits per heavy atom. The highest BCUT2D eigenvalue weighted by atomic mass is 16.6. The molecule has 0 aromatic carbocycles. The lowest BCUT2D eigenvalue weighted by atomic mass is 10.0. The molecule has 0 aliphatic rings. The van der Waals surface area contributed by atoms with Gasteiger partial charge in [-0.05, 0) is 122 Å². The quantitative estimate of drug-likeness (QED) is 0.0261. The summed E-state index contributed by atoms with van der Waals surface area (Å²) in [5, 5.41) is 0. The molecule has 6 nitrogen and oxygen atoms in total. The monoisotopic (exact) mass is 1130 g/mol. The van der Waals surface area contributed by atoms with Gasteiger partial charge < -0.3 is 14.2 Å². The maximum atomic E-state index is 13.0. The first-order valence-electron chi connectivity index (χ1n) is 34.7. The van der Waals surface area contributed by atoms with E-state index in [1.54, 1.807) is 0 Å². The molecule has 1 atom stereocenters. The third-order valence-electron chi connectivity index (χ3n) is 15.0. The Kier molecular flexibility index (Phi) is 65.7. The fourth-order valence-corrected chi connectivity index (χ4v) is 9.85. The van der Waals surface area contributed by atoms with Crippen molar-refractivity contribution in [2.75, 3.05) is 13.2 Å². The van der Waals surface area contributed by atoms with Crippen LogP contribution in [0.2, 0.25) is 0 Å². The molecule has 0 saturated heterocycles. The van der Waals surface area contributed by atoms with Crippen LogP contribution in [0.5, 0.6) is 0 Å². The van der Waals surface area contributed by atoms with Crippen LogP contribution in [0, 0.1) is 0 Å². The van der Waals surface area contributed by atoms with Crippen LogP contribution in [-0.2, 0) is 28.6 Å². The van der Waals surface area contributed by atoms with Gasteiger partial charge in [0.05, 0.1) is 0 Å². The molecule has 0 radical (unpaired) electrons. The number of unbranched alkanes of at least 4 members (excludes halogenated alkanes) is 36. The summed E-state index contributed by atoms with van der Waals surface area (Å²) in [6.45, 7) is 6.52. The molecule has 0 fully saturated rings. The molecular formula is C75H130O6. The van der Waals surface area contributed by atoms with Crippen molar-refractivity contribution in [3.63, 3.8) is 0 Å². The highest BCUT2D eigenvalue weighted by Crippen LogP contribution is 2.17. The van der Waals surface area contributed by atoms with Gasteiger partial charge in [-0.3, -0.25) is 14.4 Å². The van der Waals surface area contributed by atoms with Gasteiger partial charge >= 0.3 is 17.9 Å². The molecule has 81 heavy (non-hydrogen) atoms. The maximum Gasteiger partial charge on any atom is 0.306 e. The Morgan fingerprint density at radius 1 is 0.259 bits per heavy atom. The normalized spacial score (nSPS) is 12.7. The predicted molar refractivity (Wildman–Crippen MR) is 353 cm³/mol. The molecule has 0 aliphatic heterocycles. The zero-order valence-corrected chi connectivity index (χ0v) is 53.5. The third-order valence-corrected chi connectivity index (χ3v) is 15.0. The number of carbonyl (C=O) groups is 3. The molecule has 466 valence electrons. The second kappa shape index (κ2) is 68.8. The summed E-state index contributed by atoms with van der Waals surface area (Å²) in [4.78, 5) is 38.4. The van der Waals surface area contributed by atoms with Crippen LogP contribution in [-0.4, -0.2) is 37.2 Å². The molecule has 0 N–H and O–H groups in total. The van der Waals surface area contributed by atoms with Gasteiger partial charge in [0.25, 0.3) is 0 Å². The van der Waals surface area contributed by atoms with Crippen LogP contribution in [0.3, 0.4) is 0 Å². The molecule has 0 amide bonds. The van der Waals surface area contributed by atoms with Crippen molar-refractivity contribution >= 4 is 17.9 Å². The van der Waals surface area contributed by atoms with Gasteiger partial charge in [-0.2, -0.15) is 0 Å². The van der Waals surface area contributed by atoms with E-state index >= 15 is 0 Å². The molecule has 6 heteroatoms. The number of ether oxygens (including phenoxy) is 3. The SMILES string of the molecule is CC/C=C\C/C=C\C/C=C\C/C=C\C/C=C\CCCCCCCCCC(=O)OC(COC(=O)CCCCCCC/C=C\C/C=C\CCCCC)COC(=O)CCCCCCCCCCCCCCC/C=C\CCCCCCCCCC. The van der Waals surface area contributed by atoms with E-state index in [4.69, 9.17) is 14.2 Å². The van der Waals surface area contributed by atoms with E-state index < -0.39 is 6.10 Å². The molecule has 0 bridgehead atoms. The number of rotatable bonds is 63. The fraction of sp³-hybridized carbons (Fsp3) is 0.747. The first-order valence-corrected chi connectivity index (χ1v) is 34.7. The second-order valence-corrected chi connectivity index (χ2v) is 23.1. The number of allylic oxidation sites excluding steroid dienone is 16. The molecule has 0 aromatic rings. The van der Waals surface area contributed by atoms with Crippen molar-refractivity contribution in [1.29, 1.82) is 0 Å². The summed E-state index contributed by atoms with van der Waals surface area (Å²) >= 11 is 0. The van der Waals surface area contributed by atoms with Crippen molar-refractivity contribution in [1.82, 2.24) is 0 Å². The summed E-state index contributed by atoms with van der Waals surface area (Å²) in [6.07, 6.45) is 92.8. The molecule has 0 saturated carbocycles. The van der Waals surface area contributed by atoms with E-state index in [0.29, 0.717) is 19.3 Å². The Morgan fingerprint density at radius 3 is 0.790 bits per heavy atom. The van der Waals surface area contributed by atoms with Gasteiger partial charge in [-0.1, -0.05) is 298 Å². The number of hydrogen-bond acceptors (Lipinski definition) is 6. The van der Waals surface area contributed by atoms with E-state index in [1.165, 1.54) is 186 Å². The smallest absolute Gasteiger partial charge is 0.306 e. The van der Waals surface area contributed by atoms with Crippen molar-refractivity contribution in [3.05, 3.63) is 97.2 Å². The topological polar surface area (TPSA) is 78.9 Å². The lowest BCUT2D eigenvalue weighted by Crippen LogP contribution is -2.30. The third kappa shape index (κ3) is 67.0. The van der Waals surface area contributed by atoms with Crippen molar-refractivity contribution < 1.29 is 28.6 Å². The molecule has 0 aromatic heterocycles.